The molecule has 0 rings (SSSR count). The van der Waals surface area contributed by atoms with E-state index in [4.69, 9.17) is 5.73 Å². The van der Waals surface area contributed by atoms with Crippen molar-refractivity contribution in [3.05, 3.63) is 0 Å². The Kier molecular flexibility index (Phi) is 6.54. The molecule has 0 saturated carbocycles. The van der Waals surface area contributed by atoms with Crippen molar-refractivity contribution in [3.63, 3.8) is 0 Å². The van der Waals surface area contributed by atoms with Gasteiger partial charge in [0.05, 0.1) is 5.92 Å². The molecule has 0 heterocycles. The lowest BCUT2D eigenvalue weighted by molar-refractivity contribution is -0.125. The normalized spacial score (nSPS) is 15.3. The van der Waals surface area contributed by atoms with Crippen LogP contribution in [0.3, 0.4) is 0 Å². The number of amides is 1. The fourth-order valence-corrected chi connectivity index (χ4v) is 1.34. The Balaban J connectivity index is 4.04. The molecule has 14 heavy (non-hydrogen) atoms. The van der Waals surface area contributed by atoms with Crippen LogP contribution in [-0.2, 0) is 4.79 Å². The first kappa shape index (κ1) is 13.4. The van der Waals surface area contributed by atoms with Gasteiger partial charge in [-0.1, -0.05) is 20.8 Å². The van der Waals surface area contributed by atoms with Crippen molar-refractivity contribution in [2.75, 3.05) is 6.54 Å². The molecule has 0 aliphatic heterocycles. The van der Waals surface area contributed by atoms with Crippen LogP contribution in [0.15, 0.2) is 0 Å². The topological polar surface area (TPSA) is 55.1 Å². The van der Waals surface area contributed by atoms with Crippen molar-refractivity contribution in [3.8, 4) is 0 Å². The van der Waals surface area contributed by atoms with Crippen LogP contribution in [0.5, 0.6) is 0 Å². The van der Waals surface area contributed by atoms with Crippen molar-refractivity contribution in [2.45, 2.75) is 46.6 Å². The zero-order valence-corrected chi connectivity index (χ0v) is 9.84. The minimum Gasteiger partial charge on any atom is -0.353 e. The van der Waals surface area contributed by atoms with Gasteiger partial charge < -0.3 is 11.1 Å². The van der Waals surface area contributed by atoms with Gasteiger partial charge in [0.1, 0.15) is 0 Å². The quantitative estimate of drug-likeness (QED) is 0.683. The molecule has 0 saturated heterocycles. The van der Waals surface area contributed by atoms with E-state index in [0.717, 1.165) is 12.8 Å². The molecule has 0 fully saturated rings. The van der Waals surface area contributed by atoms with Crippen molar-refractivity contribution < 1.29 is 4.79 Å². The Labute approximate surface area is 87.4 Å². The molecular weight excluding hydrogens is 176 g/mol. The van der Waals surface area contributed by atoms with E-state index in [0.29, 0.717) is 12.5 Å². The highest BCUT2D eigenvalue weighted by Crippen LogP contribution is 2.10. The molecular formula is C11H24N2O. The first-order chi connectivity index (χ1) is 6.51. The van der Waals surface area contributed by atoms with E-state index < -0.39 is 0 Å². The molecule has 2 unspecified atom stereocenters. The monoisotopic (exact) mass is 200 g/mol. The lowest BCUT2D eigenvalue weighted by Crippen LogP contribution is -2.40. The third-order valence-electron chi connectivity index (χ3n) is 2.41. The third-order valence-corrected chi connectivity index (χ3v) is 2.41. The molecule has 0 radical (unpaired) electrons. The lowest BCUT2D eigenvalue weighted by atomic mass is 9.96. The number of rotatable bonds is 6. The summed E-state index contributed by atoms with van der Waals surface area (Å²) in [5, 5.41) is 2.97. The number of nitrogens with two attached hydrogens (primary N) is 1. The molecule has 0 bridgehead atoms. The number of carbonyl (C=O) groups excluding carboxylic acids is 1. The second-order valence-corrected chi connectivity index (χ2v) is 4.38. The Morgan fingerprint density at radius 1 is 1.36 bits per heavy atom. The third kappa shape index (κ3) is 5.22. The van der Waals surface area contributed by atoms with Crippen LogP contribution >= 0.6 is 0 Å². The molecule has 0 aromatic carbocycles. The standard InChI is InChI=1S/C11H24N2O/c1-5-9(4)13-11(14)10(7-12)6-8(2)3/h8-10H,5-7,12H2,1-4H3,(H,13,14). The number of carbonyl (C=O) groups is 1. The SMILES string of the molecule is CCC(C)NC(=O)C(CN)CC(C)C. The van der Waals surface area contributed by atoms with Crippen LogP contribution in [-0.4, -0.2) is 18.5 Å². The Morgan fingerprint density at radius 2 is 1.93 bits per heavy atom. The highest BCUT2D eigenvalue weighted by molar-refractivity contribution is 5.79. The van der Waals surface area contributed by atoms with Crippen LogP contribution < -0.4 is 11.1 Å². The van der Waals surface area contributed by atoms with E-state index in [9.17, 15) is 4.79 Å². The molecule has 0 aliphatic carbocycles. The highest BCUT2D eigenvalue weighted by Gasteiger charge is 2.18. The van der Waals surface area contributed by atoms with Crippen LogP contribution in [0, 0.1) is 11.8 Å². The van der Waals surface area contributed by atoms with E-state index in [-0.39, 0.29) is 17.9 Å². The molecule has 1 amide bonds. The molecule has 3 heteroatoms. The van der Waals surface area contributed by atoms with Crippen LogP contribution in [0.25, 0.3) is 0 Å². The van der Waals surface area contributed by atoms with E-state index in [2.05, 4.69) is 26.1 Å². The summed E-state index contributed by atoms with van der Waals surface area (Å²) in [4.78, 5) is 11.7. The summed E-state index contributed by atoms with van der Waals surface area (Å²) in [5.74, 6) is 0.603. The molecule has 0 spiro atoms. The van der Waals surface area contributed by atoms with Gasteiger partial charge in [-0.15, -0.1) is 0 Å². The van der Waals surface area contributed by atoms with E-state index >= 15 is 0 Å². The largest absolute Gasteiger partial charge is 0.353 e. The van der Waals surface area contributed by atoms with E-state index in [1.54, 1.807) is 0 Å². The highest BCUT2D eigenvalue weighted by atomic mass is 16.1. The number of hydrogen-bond donors (Lipinski definition) is 2. The fraction of sp³-hybridized carbons (Fsp3) is 0.909. The van der Waals surface area contributed by atoms with Crippen molar-refractivity contribution in [1.29, 1.82) is 0 Å². The summed E-state index contributed by atoms with van der Waals surface area (Å²) in [5.41, 5.74) is 5.58. The van der Waals surface area contributed by atoms with Gasteiger partial charge in [-0.25, -0.2) is 0 Å². The lowest BCUT2D eigenvalue weighted by Gasteiger charge is -2.19. The van der Waals surface area contributed by atoms with E-state index in [1.165, 1.54) is 0 Å². The molecule has 0 aromatic rings. The van der Waals surface area contributed by atoms with Gasteiger partial charge in [-0.05, 0) is 25.7 Å². The second kappa shape index (κ2) is 6.82. The van der Waals surface area contributed by atoms with Gasteiger partial charge in [0.15, 0.2) is 0 Å². The van der Waals surface area contributed by atoms with Crippen molar-refractivity contribution in [2.24, 2.45) is 17.6 Å². The van der Waals surface area contributed by atoms with Crippen molar-refractivity contribution in [1.82, 2.24) is 5.32 Å². The van der Waals surface area contributed by atoms with Crippen LogP contribution in [0.2, 0.25) is 0 Å². The minimum absolute atomic E-state index is 0.0241. The number of hydrogen-bond acceptors (Lipinski definition) is 2. The van der Waals surface area contributed by atoms with Gasteiger partial charge in [-0.3, -0.25) is 4.79 Å². The van der Waals surface area contributed by atoms with Gasteiger partial charge in [0, 0.05) is 12.6 Å². The summed E-state index contributed by atoms with van der Waals surface area (Å²) < 4.78 is 0. The average molecular weight is 200 g/mol. The molecule has 3 nitrogen and oxygen atoms in total. The summed E-state index contributed by atoms with van der Waals surface area (Å²) >= 11 is 0. The predicted molar refractivity (Wildman–Crippen MR) is 59.9 cm³/mol. The predicted octanol–water partition coefficient (Wildman–Crippen LogP) is 1.52. The second-order valence-electron chi connectivity index (χ2n) is 4.38. The zero-order chi connectivity index (χ0) is 11.1. The molecule has 0 aromatic heterocycles. The first-order valence-corrected chi connectivity index (χ1v) is 5.51. The van der Waals surface area contributed by atoms with Crippen molar-refractivity contribution >= 4 is 5.91 Å². The average Bonchev–Trinajstić information content (AvgIpc) is 2.13. The maximum Gasteiger partial charge on any atom is 0.224 e. The molecule has 2 atom stereocenters. The Bertz CT molecular complexity index is 169. The fourth-order valence-electron chi connectivity index (χ4n) is 1.34. The van der Waals surface area contributed by atoms with E-state index in [1.807, 2.05) is 6.92 Å². The van der Waals surface area contributed by atoms with Gasteiger partial charge >= 0.3 is 0 Å². The van der Waals surface area contributed by atoms with Gasteiger partial charge in [0.25, 0.3) is 0 Å². The Hall–Kier alpha value is -0.570. The summed E-state index contributed by atoms with van der Waals surface area (Å²) in [7, 11) is 0. The molecule has 3 N–H and O–H groups in total. The van der Waals surface area contributed by atoms with Crippen LogP contribution in [0.1, 0.15) is 40.5 Å². The minimum atomic E-state index is -0.0241. The summed E-state index contributed by atoms with van der Waals surface area (Å²) in [6, 6.07) is 0.253. The maximum atomic E-state index is 11.7. The van der Waals surface area contributed by atoms with Gasteiger partial charge in [-0.2, -0.15) is 0 Å². The summed E-state index contributed by atoms with van der Waals surface area (Å²) in [6.45, 7) is 8.74. The Morgan fingerprint density at radius 3 is 2.29 bits per heavy atom. The summed E-state index contributed by atoms with van der Waals surface area (Å²) in [6.07, 6.45) is 1.84. The smallest absolute Gasteiger partial charge is 0.224 e. The number of nitrogens with one attached hydrogen (secondary N) is 1. The zero-order valence-electron chi connectivity index (χ0n) is 9.84. The molecule has 0 aliphatic rings. The maximum absolute atomic E-state index is 11.7. The first-order valence-electron chi connectivity index (χ1n) is 5.51. The van der Waals surface area contributed by atoms with Gasteiger partial charge in [0.2, 0.25) is 5.91 Å². The van der Waals surface area contributed by atoms with Crippen LogP contribution in [0.4, 0.5) is 0 Å². The molecule has 84 valence electrons.